The van der Waals surface area contributed by atoms with Crippen LogP contribution in [0.5, 0.6) is 11.6 Å². The first-order valence-electron chi connectivity index (χ1n) is 10.1. The minimum absolute atomic E-state index is 0.00489. The van der Waals surface area contributed by atoms with E-state index in [-0.39, 0.29) is 17.2 Å². The SMILES string of the molecule is Cc1ccc(-c2[nH]nc3c2[C@@H](c2ccc(OC(=O)c4ccco4)cc2)C(C#N)=C(N)O3)cc1. The number of esters is 1. The molecule has 8 nitrogen and oxygen atoms in total. The number of hydrogen-bond acceptors (Lipinski definition) is 7. The summed E-state index contributed by atoms with van der Waals surface area (Å²) in [6.45, 7) is 2.01. The fraction of sp³-hybridized carbons (Fsp3) is 0.0800. The molecule has 0 fully saturated rings. The van der Waals surface area contributed by atoms with E-state index in [1.165, 1.54) is 12.3 Å². The summed E-state index contributed by atoms with van der Waals surface area (Å²) in [6.07, 6.45) is 1.40. The van der Waals surface area contributed by atoms with Crippen LogP contribution < -0.4 is 15.2 Å². The van der Waals surface area contributed by atoms with Crippen molar-refractivity contribution < 1.29 is 18.7 Å². The van der Waals surface area contributed by atoms with Crippen molar-refractivity contribution in [1.82, 2.24) is 10.2 Å². The zero-order valence-corrected chi connectivity index (χ0v) is 17.5. The number of rotatable bonds is 4. The zero-order chi connectivity index (χ0) is 22.9. The molecule has 3 heterocycles. The van der Waals surface area contributed by atoms with Crippen LogP contribution in [0.15, 0.2) is 82.8 Å². The Morgan fingerprint density at radius 3 is 2.58 bits per heavy atom. The molecule has 0 bridgehead atoms. The van der Waals surface area contributed by atoms with Crippen molar-refractivity contribution in [3.05, 3.63) is 101 Å². The van der Waals surface area contributed by atoms with Crippen LogP contribution in [0, 0.1) is 18.3 Å². The number of carbonyl (C=O) groups excluding carboxylic acids is 1. The van der Waals surface area contributed by atoms with Gasteiger partial charge < -0.3 is 19.6 Å². The van der Waals surface area contributed by atoms with Crippen molar-refractivity contribution in [1.29, 1.82) is 5.26 Å². The number of aromatic amines is 1. The van der Waals surface area contributed by atoms with Crippen molar-refractivity contribution in [2.75, 3.05) is 0 Å². The summed E-state index contributed by atoms with van der Waals surface area (Å²) in [6, 6.07) is 20.1. The lowest BCUT2D eigenvalue weighted by molar-refractivity contribution is 0.0701. The van der Waals surface area contributed by atoms with Gasteiger partial charge in [0.2, 0.25) is 17.5 Å². The molecule has 0 unspecified atom stereocenters. The van der Waals surface area contributed by atoms with Gasteiger partial charge in [-0.15, -0.1) is 5.10 Å². The molecule has 1 atom stereocenters. The zero-order valence-electron chi connectivity index (χ0n) is 17.5. The Balaban J connectivity index is 1.53. The third kappa shape index (κ3) is 3.62. The fourth-order valence-corrected chi connectivity index (χ4v) is 3.80. The summed E-state index contributed by atoms with van der Waals surface area (Å²) >= 11 is 0. The number of nitrogens with zero attached hydrogens (tertiary/aromatic N) is 2. The third-order valence-corrected chi connectivity index (χ3v) is 5.43. The molecule has 5 rings (SSSR count). The molecule has 0 saturated carbocycles. The van der Waals surface area contributed by atoms with E-state index < -0.39 is 11.9 Å². The summed E-state index contributed by atoms with van der Waals surface area (Å²) in [7, 11) is 0. The monoisotopic (exact) mass is 438 g/mol. The number of allylic oxidation sites excluding steroid dienone is 1. The summed E-state index contributed by atoms with van der Waals surface area (Å²) in [4.78, 5) is 12.1. The molecule has 8 heteroatoms. The van der Waals surface area contributed by atoms with E-state index in [0.717, 1.165) is 22.4 Å². The smallest absolute Gasteiger partial charge is 0.379 e. The number of nitriles is 1. The van der Waals surface area contributed by atoms with Crippen LogP contribution in [0.1, 0.15) is 33.2 Å². The highest BCUT2D eigenvalue weighted by Gasteiger charge is 2.35. The van der Waals surface area contributed by atoms with Crippen LogP contribution in [-0.2, 0) is 0 Å². The number of benzene rings is 2. The van der Waals surface area contributed by atoms with Crippen LogP contribution in [-0.4, -0.2) is 16.2 Å². The van der Waals surface area contributed by atoms with E-state index in [1.807, 2.05) is 31.2 Å². The Morgan fingerprint density at radius 1 is 1.15 bits per heavy atom. The number of H-pyrrole nitrogens is 1. The maximum absolute atomic E-state index is 12.1. The Labute approximate surface area is 188 Å². The second-order valence-electron chi connectivity index (χ2n) is 7.54. The fourth-order valence-electron chi connectivity index (χ4n) is 3.80. The summed E-state index contributed by atoms with van der Waals surface area (Å²) in [5, 5.41) is 17.2. The standard InChI is InChI=1S/C25H18N4O4/c1-14-4-6-16(7-5-14)22-21-20(18(13-26)23(27)33-24(21)29-28-22)15-8-10-17(11-9-15)32-25(30)19-3-2-12-31-19/h2-12,20H,27H2,1H3,(H,28,29)/t20-/m0/s1. The van der Waals surface area contributed by atoms with E-state index in [9.17, 15) is 10.1 Å². The number of hydrogen-bond donors (Lipinski definition) is 2. The number of aryl methyl sites for hydroxylation is 1. The average Bonchev–Trinajstić information content (AvgIpc) is 3.50. The van der Waals surface area contributed by atoms with Gasteiger partial charge in [-0.3, -0.25) is 5.10 Å². The van der Waals surface area contributed by atoms with E-state index in [2.05, 4.69) is 16.3 Å². The summed E-state index contributed by atoms with van der Waals surface area (Å²) < 4.78 is 16.1. The van der Waals surface area contributed by atoms with Gasteiger partial charge in [0.1, 0.15) is 17.4 Å². The molecule has 4 aromatic rings. The molecule has 0 amide bonds. The van der Waals surface area contributed by atoms with Gasteiger partial charge in [0.15, 0.2) is 0 Å². The maximum Gasteiger partial charge on any atom is 0.379 e. The predicted octanol–water partition coefficient (Wildman–Crippen LogP) is 4.42. The van der Waals surface area contributed by atoms with Crippen LogP contribution in [0.3, 0.4) is 0 Å². The van der Waals surface area contributed by atoms with Gasteiger partial charge in [-0.05, 0) is 36.8 Å². The predicted molar refractivity (Wildman–Crippen MR) is 118 cm³/mol. The molecule has 0 radical (unpaired) electrons. The van der Waals surface area contributed by atoms with E-state index in [1.54, 1.807) is 30.3 Å². The molecular formula is C25H18N4O4. The molecular weight excluding hydrogens is 420 g/mol. The van der Waals surface area contributed by atoms with Gasteiger partial charge in [-0.2, -0.15) is 5.26 Å². The van der Waals surface area contributed by atoms with Gasteiger partial charge in [0, 0.05) is 5.56 Å². The first kappa shape index (κ1) is 20.2. The number of nitrogens with one attached hydrogen (secondary N) is 1. The molecule has 0 aliphatic carbocycles. The van der Waals surface area contributed by atoms with E-state index >= 15 is 0 Å². The van der Waals surface area contributed by atoms with Crippen molar-refractivity contribution in [3.8, 4) is 29.0 Å². The highest BCUT2D eigenvalue weighted by molar-refractivity contribution is 5.88. The lowest BCUT2D eigenvalue weighted by Gasteiger charge is -2.24. The number of aromatic nitrogens is 2. The molecule has 33 heavy (non-hydrogen) atoms. The first-order chi connectivity index (χ1) is 16.0. The number of nitrogens with two attached hydrogens (primary N) is 1. The molecule has 0 spiro atoms. The Hall–Kier alpha value is -4.77. The quantitative estimate of drug-likeness (QED) is 0.357. The maximum atomic E-state index is 12.1. The van der Waals surface area contributed by atoms with Gasteiger partial charge in [-0.25, -0.2) is 4.79 Å². The number of fused-ring (bicyclic) bond motifs is 1. The van der Waals surface area contributed by atoms with Crippen molar-refractivity contribution in [3.63, 3.8) is 0 Å². The molecule has 1 aliphatic heterocycles. The second-order valence-corrected chi connectivity index (χ2v) is 7.54. The molecule has 0 saturated heterocycles. The lowest BCUT2D eigenvalue weighted by atomic mass is 9.83. The third-order valence-electron chi connectivity index (χ3n) is 5.43. The Morgan fingerprint density at radius 2 is 1.91 bits per heavy atom. The first-order valence-corrected chi connectivity index (χ1v) is 10.1. The molecule has 1 aliphatic rings. The van der Waals surface area contributed by atoms with Gasteiger partial charge in [-0.1, -0.05) is 42.0 Å². The molecule has 2 aromatic carbocycles. The van der Waals surface area contributed by atoms with Crippen LogP contribution >= 0.6 is 0 Å². The van der Waals surface area contributed by atoms with Gasteiger partial charge in [0.05, 0.1) is 23.4 Å². The van der Waals surface area contributed by atoms with Gasteiger partial charge >= 0.3 is 5.97 Å². The average molecular weight is 438 g/mol. The van der Waals surface area contributed by atoms with Crippen molar-refractivity contribution in [2.24, 2.45) is 5.73 Å². The van der Waals surface area contributed by atoms with Crippen molar-refractivity contribution in [2.45, 2.75) is 12.8 Å². The molecule has 162 valence electrons. The van der Waals surface area contributed by atoms with Crippen LogP contribution in [0.25, 0.3) is 11.3 Å². The lowest BCUT2D eigenvalue weighted by Crippen LogP contribution is -2.21. The summed E-state index contributed by atoms with van der Waals surface area (Å²) in [5.41, 5.74) is 10.6. The van der Waals surface area contributed by atoms with Crippen LogP contribution in [0.4, 0.5) is 0 Å². The van der Waals surface area contributed by atoms with E-state index in [0.29, 0.717) is 17.2 Å². The second kappa shape index (κ2) is 8.05. The number of ether oxygens (including phenoxy) is 2. The number of carbonyl (C=O) groups is 1. The highest BCUT2D eigenvalue weighted by atomic mass is 16.5. The molecule has 2 aromatic heterocycles. The van der Waals surface area contributed by atoms with E-state index in [4.69, 9.17) is 19.6 Å². The summed E-state index contributed by atoms with van der Waals surface area (Å²) in [5.74, 6) is -0.334. The largest absolute Gasteiger partial charge is 0.457 e. The van der Waals surface area contributed by atoms with Gasteiger partial charge in [0.25, 0.3) is 0 Å². The Bertz CT molecular complexity index is 1390. The Kier molecular flexibility index (Phi) is 4.92. The number of furan rings is 1. The van der Waals surface area contributed by atoms with Crippen LogP contribution in [0.2, 0.25) is 0 Å². The molecule has 3 N–H and O–H groups in total. The normalized spacial score (nSPS) is 14.8. The van der Waals surface area contributed by atoms with Crippen molar-refractivity contribution >= 4 is 5.97 Å². The minimum atomic E-state index is -0.598. The highest BCUT2D eigenvalue weighted by Crippen LogP contribution is 2.45. The topological polar surface area (TPSA) is 127 Å². The minimum Gasteiger partial charge on any atom is -0.457 e.